The molecule has 2 aliphatic rings. The summed E-state index contributed by atoms with van der Waals surface area (Å²) in [6.45, 7) is 10.3. The summed E-state index contributed by atoms with van der Waals surface area (Å²) < 4.78 is 0. The maximum atomic E-state index is 12.7. The summed E-state index contributed by atoms with van der Waals surface area (Å²) in [4.78, 5) is 34.7. The Balaban J connectivity index is 1.59. The van der Waals surface area contributed by atoms with Crippen LogP contribution >= 0.6 is 11.3 Å². The highest BCUT2D eigenvalue weighted by atomic mass is 32.1. The van der Waals surface area contributed by atoms with Crippen LogP contribution in [0, 0.1) is 5.92 Å². The molecule has 0 bridgehead atoms. The van der Waals surface area contributed by atoms with Crippen LogP contribution in [0.3, 0.4) is 0 Å². The number of aromatic nitrogens is 1. The van der Waals surface area contributed by atoms with E-state index in [0.717, 1.165) is 44.5 Å². The molecule has 0 spiro atoms. The van der Waals surface area contributed by atoms with Crippen molar-refractivity contribution in [3.05, 3.63) is 10.6 Å². The quantitative estimate of drug-likeness (QED) is 0.827. The van der Waals surface area contributed by atoms with Gasteiger partial charge in [0, 0.05) is 42.4 Å². The van der Waals surface area contributed by atoms with Crippen LogP contribution in [0.1, 0.15) is 57.5 Å². The SMILES string of the molecule is CC(C)N(C(=O)CN1CCc2nc(NC(=O)C3CCC3)sc2C1)C(C)C. The van der Waals surface area contributed by atoms with Gasteiger partial charge in [-0.05, 0) is 40.5 Å². The minimum absolute atomic E-state index is 0.110. The molecule has 7 heteroatoms. The zero-order chi connectivity index (χ0) is 18.8. The molecule has 0 saturated heterocycles. The first kappa shape index (κ1) is 19.3. The van der Waals surface area contributed by atoms with E-state index in [1.54, 1.807) is 11.3 Å². The molecule has 1 saturated carbocycles. The molecule has 1 N–H and O–H groups in total. The molecule has 26 heavy (non-hydrogen) atoms. The maximum Gasteiger partial charge on any atom is 0.237 e. The molecule has 1 aliphatic carbocycles. The van der Waals surface area contributed by atoms with Crippen molar-refractivity contribution in [1.29, 1.82) is 0 Å². The van der Waals surface area contributed by atoms with E-state index in [4.69, 9.17) is 0 Å². The van der Waals surface area contributed by atoms with E-state index in [0.29, 0.717) is 11.7 Å². The summed E-state index contributed by atoms with van der Waals surface area (Å²) in [6.07, 6.45) is 3.98. The molecule has 1 aromatic rings. The van der Waals surface area contributed by atoms with Crippen molar-refractivity contribution in [1.82, 2.24) is 14.8 Å². The molecule has 0 unspecified atom stereocenters. The lowest BCUT2D eigenvalue weighted by atomic mass is 9.85. The number of hydrogen-bond acceptors (Lipinski definition) is 5. The van der Waals surface area contributed by atoms with E-state index in [1.807, 2.05) is 4.90 Å². The van der Waals surface area contributed by atoms with Gasteiger partial charge in [0.2, 0.25) is 11.8 Å². The van der Waals surface area contributed by atoms with Gasteiger partial charge >= 0.3 is 0 Å². The predicted molar refractivity (Wildman–Crippen MR) is 104 cm³/mol. The van der Waals surface area contributed by atoms with Gasteiger partial charge in [0.05, 0.1) is 12.2 Å². The third-order valence-corrected chi connectivity index (χ3v) is 6.27. The molecule has 2 amide bonds. The van der Waals surface area contributed by atoms with Crippen molar-refractivity contribution >= 4 is 28.3 Å². The summed E-state index contributed by atoms with van der Waals surface area (Å²) in [5.74, 6) is 0.462. The second-order valence-electron chi connectivity index (χ2n) is 7.96. The minimum atomic E-state index is 0.110. The van der Waals surface area contributed by atoms with Crippen LogP contribution in [0.4, 0.5) is 5.13 Å². The molecule has 0 aromatic carbocycles. The van der Waals surface area contributed by atoms with E-state index in [-0.39, 0.29) is 29.8 Å². The van der Waals surface area contributed by atoms with Crippen LogP contribution in [-0.2, 0) is 22.6 Å². The normalized spacial score (nSPS) is 17.9. The minimum Gasteiger partial charge on any atom is -0.337 e. The number of nitrogens with zero attached hydrogens (tertiary/aromatic N) is 3. The summed E-state index contributed by atoms with van der Waals surface area (Å²) in [7, 11) is 0. The molecule has 3 rings (SSSR count). The van der Waals surface area contributed by atoms with Crippen LogP contribution in [0.2, 0.25) is 0 Å². The lowest BCUT2D eigenvalue weighted by Gasteiger charge is -2.34. The summed E-state index contributed by atoms with van der Waals surface area (Å²) >= 11 is 1.56. The van der Waals surface area contributed by atoms with Gasteiger partial charge in [0.1, 0.15) is 0 Å². The highest BCUT2D eigenvalue weighted by Gasteiger charge is 2.28. The van der Waals surface area contributed by atoms with Gasteiger partial charge in [-0.3, -0.25) is 14.5 Å². The van der Waals surface area contributed by atoms with Crippen LogP contribution in [-0.4, -0.2) is 51.8 Å². The Morgan fingerprint density at radius 2 is 1.96 bits per heavy atom. The molecular weight excluding hydrogens is 348 g/mol. The fourth-order valence-electron chi connectivity index (χ4n) is 3.76. The van der Waals surface area contributed by atoms with E-state index in [2.05, 4.69) is 42.9 Å². The summed E-state index contributed by atoms with van der Waals surface area (Å²) in [5, 5.41) is 3.69. The molecule has 1 fully saturated rings. The van der Waals surface area contributed by atoms with Crippen LogP contribution in [0.5, 0.6) is 0 Å². The van der Waals surface area contributed by atoms with Gasteiger partial charge < -0.3 is 10.2 Å². The van der Waals surface area contributed by atoms with Gasteiger partial charge in [-0.2, -0.15) is 0 Å². The zero-order valence-corrected chi connectivity index (χ0v) is 17.1. The van der Waals surface area contributed by atoms with Crippen LogP contribution < -0.4 is 5.32 Å². The molecule has 6 nitrogen and oxygen atoms in total. The van der Waals surface area contributed by atoms with Gasteiger partial charge in [-0.1, -0.05) is 6.42 Å². The Morgan fingerprint density at radius 3 is 2.54 bits per heavy atom. The topological polar surface area (TPSA) is 65.5 Å². The van der Waals surface area contributed by atoms with Gasteiger partial charge in [-0.25, -0.2) is 4.98 Å². The predicted octanol–water partition coefficient (Wildman–Crippen LogP) is 2.89. The largest absolute Gasteiger partial charge is 0.337 e. The van der Waals surface area contributed by atoms with Crippen molar-refractivity contribution < 1.29 is 9.59 Å². The number of hydrogen-bond donors (Lipinski definition) is 1. The Morgan fingerprint density at radius 1 is 1.27 bits per heavy atom. The Kier molecular flexibility index (Phi) is 5.97. The number of thiazole rings is 1. The van der Waals surface area contributed by atoms with E-state index < -0.39 is 0 Å². The number of fused-ring (bicyclic) bond motifs is 1. The molecule has 0 atom stereocenters. The van der Waals surface area contributed by atoms with Crippen molar-refractivity contribution in [3.8, 4) is 0 Å². The number of amides is 2. The van der Waals surface area contributed by atoms with Crippen LogP contribution in [0.25, 0.3) is 0 Å². The Labute approximate surface area is 160 Å². The lowest BCUT2D eigenvalue weighted by Crippen LogP contribution is -2.47. The van der Waals surface area contributed by atoms with E-state index in [1.165, 1.54) is 4.88 Å². The van der Waals surface area contributed by atoms with Gasteiger partial charge in [0.15, 0.2) is 5.13 Å². The van der Waals surface area contributed by atoms with E-state index in [9.17, 15) is 9.59 Å². The monoisotopic (exact) mass is 378 g/mol. The molecule has 1 aliphatic heterocycles. The average molecular weight is 379 g/mol. The fourth-order valence-corrected chi connectivity index (χ4v) is 4.81. The first-order valence-corrected chi connectivity index (χ1v) is 10.5. The van der Waals surface area contributed by atoms with Crippen molar-refractivity contribution in [3.63, 3.8) is 0 Å². The van der Waals surface area contributed by atoms with E-state index >= 15 is 0 Å². The van der Waals surface area contributed by atoms with Crippen LogP contribution in [0.15, 0.2) is 0 Å². The Bertz CT molecular complexity index is 658. The Hall–Kier alpha value is -1.47. The summed E-state index contributed by atoms with van der Waals surface area (Å²) in [6, 6.07) is 0.416. The number of carbonyl (C=O) groups excluding carboxylic acids is 2. The molecule has 144 valence electrons. The second-order valence-corrected chi connectivity index (χ2v) is 9.04. The molecule has 0 radical (unpaired) electrons. The van der Waals surface area contributed by atoms with Crippen molar-refractivity contribution in [2.75, 3.05) is 18.4 Å². The van der Waals surface area contributed by atoms with Crippen molar-refractivity contribution in [2.24, 2.45) is 5.92 Å². The number of anilines is 1. The van der Waals surface area contributed by atoms with Crippen molar-refractivity contribution in [2.45, 2.75) is 72.0 Å². The second kappa shape index (κ2) is 8.05. The number of nitrogens with one attached hydrogen (secondary N) is 1. The third-order valence-electron chi connectivity index (χ3n) is 5.28. The molecular formula is C19H30N4O2S. The third kappa shape index (κ3) is 4.26. The average Bonchev–Trinajstić information content (AvgIpc) is 2.85. The number of carbonyl (C=O) groups is 2. The number of rotatable bonds is 6. The first-order chi connectivity index (χ1) is 12.3. The highest BCUT2D eigenvalue weighted by Crippen LogP contribution is 2.31. The molecule has 2 heterocycles. The smallest absolute Gasteiger partial charge is 0.237 e. The highest BCUT2D eigenvalue weighted by molar-refractivity contribution is 7.15. The molecule has 1 aromatic heterocycles. The lowest BCUT2D eigenvalue weighted by molar-refractivity contribution is -0.136. The fraction of sp³-hybridized carbons (Fsp3) is 0.737. The zero-order valence-electron chi connectivity index (χ0n) is 16.2. The maximum absolute atomic E-state index is 12.7. The van der Waals surface area contributed by atoms with Gasteiger partial charge in [0.25, 0.3) is 0 Å². The van der Waals surface area contributed by atoms with Gasteiger partial charge in [-0.15, -0.1) is 11.3 Å². The summed E-state index contributed by atoms with van der Waals surface area (Å²) in [5.41, 5.74) is 1.08. The first-order valence-electron chi connectivity index (χ1n) is 9.68. The standard InChI is InChI=1S/C19H30N4O2S/c1-12(2)23(13(3)4)17(24)11-22-9-8-15-16(10-22)26-19(20-15)21-18(25)14-6-5-7-14/h12-14H,5-11H2,1-4H3,(H,20,21,25).